The molecule has 0 aliphatic carbocycles. The highest BCUT2D eigenvalue weighted by Gasteiger charge is 2.02. The molecule has 4 rings (SSSR count). The zero-order chi connectivity index (χ0) is 22.6. The Morgan fingerprint density at radius 2 is 0.742 bits per heavy atom. The fourth-order valence-electron chi connectivity index (χ4n) is 2.67. The molecule has 0 aliphatic rings. The highest BCUT2D eigenvalue weighted by Crippen LogP contribution is 2.31. The Balaban J connectivity index is 0.000000196. The maximum absolute atomic E-state index is 9.31. The van der Waals surface area contributed by atoms with Gasteiger partial charge < -0.3 is 20.4 Å². The van der Waals surface area contributed by atoms with Gasteiger partial charge in [0, 0.05) is 0 Å². The highest BCUT2D eigenvalue weighted by molar-refractivity contribution is 7.51. The molecule has 0 heterocycles. The fourth-order valence-corrected chi connectivity index (χ4v) is 2.67. The van der Waals surface area contributed by atoms with E-state index in [0.717, 1.165) is 22.3 Å². The normalized spacial score (nSPS) is 9.42. The molecule has 4 aromatic carbocycles. The molecule has 0 aromatic heterocycles. The van der Waals surface area contributed by atoms with Gasteiger partial charge in [-0.15, -0.1) is 0 Å². The van der Waals surface area contributed by atoms with Crippen LogP contribution in [0.5, 0.6) is 23.0 Å². The molecular weight excluding hydrogens is 416 g/mol. The molecule has 0 unspecified atom stereocenters. The van der Waals surface area contributed by atoms with Crippen molar-refractivity contribution < 1.29 is 28.8 Å². The highest BCUT2D eigenvalue weighted by atomic mass is 32.1. The molecule has 0 saturated heterocycles. The standard InChI is InChI=1S/2C12H10O2.O2S/c2*13-11-7-6-10(8-12(11)14)9-4-2-1-3-5-9;1-3-2/h2*1-8,13-14H;. The molecule has 0 spiro atoms. The summed E-state index contributed by atoms with van der Waals surface area (Å²) in [5.41, 5.74) is 3.81. The summed E-state index contributed by atoms with van der Waals surface area (Å²) in [6.07, 6.45) is 0. The summed E-state index contributed by atoms with van der Waals surface area (Å²) in [5, 5.41) is 36.9. The minimum atomic E-state index is -0.750. The summed E-state index contributed by atoms with van der Waals surface area (Å²) in [4.78, 5) is 0. The van der Waals surface area contributed by atoms with Crippen LogP contribution in [0.2, 0.25) is 0 Å². The molecule has 4 aromatic rings. The number of benzene rings is 4. The van der Waals surface area contributed by atoms with Gasteiger partial charge in [0.05, 0.1) is 0 Å². The maximum Gasteiger partial charge on any atom is 0.335 e. The second-order valence-corrected chi connectivity index (χ2v) is 6.34. The monoisotopic (exact) mass is 436 g/mol. The van der Waals surface area contributed by atoms with Crippen molar-refractivity contribution in [2.24, 2.45) is 0 Å². The third kappa shape index (κ3) is 7.02. The molecule has 6 nitrogen and oxygen atoms in total. The lowest BCUT2D eigenvalue weighted by Crippen LogP contribution is -1.76. The van der Waals surface area contributed by atoms with Crippen molar-refractivity contribution in [1.29, 1.82) is 0 Å². The van der Waals surface area contributed by atoms with Crippen LogP contribution in [-0.4, -0.2) is 28.8 Å². The van der Waals surface area contributed by atoms with Crippen LogP contribution in [0.15, 0.2) is 97.1 Å². The van der Waals surface area contributed by atoms with Crippen molar-refractivity contribution in [3.63, 3.8) is 0 Å². The minimum absolute atomic E-state index is 0.0913. The smallest absolute Gasteiger partial charge is 0.335 e. The molecule has 0 bridgehead atoms. The fraction of sp³-hybridized carbons (Fsp3) is 0. The predicted octanol–water partition coefficient (Wildman–Crippen LogP) is 4.86. The average molecular weight is 436 g/mol. The first-order valence-corrected chi connectivity index (χ1v) is 9.69. The van der Waals surface area contributed by atoms with E-state index in [1.165, 1.54) is 12.1 Å². The SMILES string of the molecule is O=S=O.Oc1ccc(-c2ccccc2)cc1O.Oc1ccc(-c2ccccc2)cc1O. The number of aromatic hydroxyl groups is 4. The summed E-state index contributed by atoms with van der Waals surface area (Å²) in [6.45, 7) is 0. The van der Waals surface area contributed by atoms with Gasteiger partial charge in [0.1, 0.15) is 0 Å². The zero-order valence-electron chi connectivity index (χ0n) is 16.3. The molecule has 7 heteroatoms. The Bertz CT molecular complexity index is 1050. The van der Waals surface area contributed by atoms with Crippen LogP contribution in [0.1, 0.15) is 0 Å². The van der Waals surface area contributed by atoms with E-state index < -0.39 is 11.6 Å². The van der Waals surface area contributed by atoms with Crippen LogP contribution in [0, 0.1) is 0 Å². The summed E-state index contributed by atoms with van der Waals surface area (Å²) in [5.74, 6) is -0.368. The minimum Gasteiger partial charge on any atom is -0.504 e. The molecule has 4 N–H and O–H groups in total. The lowest BCUT2D eigenvalue weighted by atomic mass is 10.1. The molecule has 31 heavy (non-hydrogen) atoms. The van der Waals surface area contributed by atoms with Gasteiger partial charge in [-0.3, -0.25) is 0 Å². The van der Waals surface area contributed by atoms with Crippen molar-refractivity contribution in [1.82, 2.24) is 0 Å². The lowest BCUT2D eigenvalue weighted by Gasteiger charge is -2.02. The van der Waals surface area contributed by atoms with E-state index in [9.17, 15) is 10.2 Å². The largest absolute Gasteiger partial charge is 0.504 e. The maximum atomic E-state index is 9.31. The van der Waals surface area contributed by atoms with Crippen LogP contribution in [0.4, 0.5) is 0 Å². The molecule has 0 atom stereocenters. The number of phenolic OH excluding ortho intramolecular Hbond substituents is 4. The van der Waals surface area contributed by atoms with Crippen LogP contribution >= 0.6 is 0 Å². The second-order valence-electron chi connectivity index (χ2n) is 6.21. The molecule has 0 fully saturated rings. The molecule has 158 valence electrons. The Labute approximate surface area is 182 Å². The number of phenols is 4. The number of hydrogen-bond donors (Lipinski definition) is 4. The van der Waals surface area contributed by atoms with E-state index >= 15 is 0 Å². The van der Waals surface area contributed by atoms with E-state index in [4.69, 9.17) is 18.6 Å². The van der Waals surface area contributed by atoms with Gasteiger partial charge in [0.25, 0.3) is 0 Å². The first-order valence-electron chi connectivity index (χ1n) is 9.03. The van der Waals surface area contributed by atoms with Crippen LogP contribution in [0.3, 0.4) is 0 Å². The average Bonchev–Trinajstić information content (AvgIpc) is 2.80. The Morgan fingerprint density at radius 1 is 0.419 bits per heavy atom. The van der Waals surface area contributed by atoms with Gasteiger partial charge in [-0.1, -0.05) is 72.8 Å². The lowest BCUT2D eigenvalue weighted by molar-refractivity contribution is 0.404. The third-order valence-corrected chi connectivity index (χ3v) is 4.17. The Hall–Kier alpha value is -4.10. The number of hydrogen-bond acceptors (Lipinski definition) is 6. The third-order valence-electron chi connectivity index (χ3n) is 4.17. The van der Waals surface area contributed by atoms with Crippen LogP contribution < -0.4 is 0 Å². The second kappa shape index (κ2) is 11.8. The summed E-state index contributed by atoms with van der Waals surface area (Å²) >= 11 is -0.750. The molecule has 0 saturated carbocycles. The van der Waals surface area contributed by atoms with E-state index in [-0.39, 0.29) is 23.0 Å². The van der Waals surface area contributed by atoms with E-state index in [1.54, 1.807) is 24.3 Å². The predicted molar refractivity (Wildman–Crippen MR) is 119 cm³/mol. The Kier molecular flexibility index (Phi) is 8.82. The van der Waals surface area contributed by atoms with E-state index in [0.29, 0.717) is 0 Å². The molecule has 0 aliphatic heterocycles. The van der Waals surface area contributed by atoms with Crippen molar-refractivity contribution in [2.75, 3.05) is 0 Å². The van der Waals surface area contributed by atoms with Crippen molar-refractivity contribution >= 4 is 11.6 Å². The quantitative estimate of drug-likeness (QED) is 0.334. The van der Waals surface area contributed by atoms with Gasteiger partial charge in [0.2, 0.25) is 0 Å². The van der Waals surface area contributed by atoms with Gasteiger partial charge >= 0.3 is 11.6 Å². The first-order chi connectivity index (χ1) is 15.0. The topological polar surface area (TPSA) is 115 Å². The molecular formula is C24H20O6S. The number of rotatable bonds is 2. The summed E-state index contributed by atoms with van der Waals surface area (Å²) in [7, 11) is 0. The molecule has 0 radical (unpaired) electrons. The van der Waals surface area contributed by atoms with E-state index in [1.807, 2.05) is 60.7 Å². The van der Waals surface area contributed by atoms with Gasteiger partial charge in [-0.25, -0.2) is 0 Å². The van der Waals surface area contributed by atoms with Crippen molar-refractivity contribution in [3.05, 3.63) is 97.1 Å². The molecule has 0 amide bonds. The Morgan fingerprint density at radius 3 is 1.03 bits per heavy atom. The summed E-state index contributed by atoms with van der Waals surface area (Å²) in [6, 6.07) is 29.0. The first kappa shape index (κ1) is 23.2. The van der Waals surface area contributed by atoms with Crippen LogP contribution in [-0.2, 0) is 11.6 Å². The van der Waals surface area contributed by atoms with Gasteiger partial charge in [-0.05, 0) is 46.5 Å². The summed E-state index contributed by atoms with van der Waals surface area (Å²) < 4.78 is 16.6. The van der Waals surface area contributed by atoms with E-state index in [2.05, 4.69) is 0 Å². The van der Waals surface area contributed by atoms with Crippen LogP contribution in [0.25, 0.3) is 22.3 Å². The van der Waals surface area contributed by atoms with Crippen molar-refractivity contribution in [3.8, 4) is 45.3 Å². The van der Waals surface area contributed by atoms with Crippen molar-refractivity contribution in [2.45, 2.75) is 0 Å². The zero-order valence-corrected chi connectivity index (χ0v) is 17.1. The van der Waals surface area contributed by atoms with Gasteiger partial charge in [-0.2, -0.15) is 8.42 Å². The van der Waals surface area contributed by atoms with Gasteiger partial charge in [0.15, 0.2) is 23.0 Å².